The third-order valence-electron chi connectivity index (χ3n) is 1.79. The molecular formula is C9H14. The summed E-state index contributed by atoms with van der Waals surface area (Å²) >= 11 is 0. The van der Waals surface area contributed by atoms with Crippen LogP contribution in [0.4, 0.5) is 0 Å². The lowest BCUT2D eigenvalue weighted by molar-refractivity contribution is 0.691. The molecule has 0 radical (unpaired) electrons. The van der Waals surface area contributed by atoms with Crippen LogP contribution in [0.2, 0.25) is 0 Å². The summed E-state index contributed by atoms with van der Waals surface area (Å²) in [4.78, 5) is 0. The van der Waals surface area contributed by atoms with Crippen molar-refractivity contribution in [1.82, 2.24) is 0 Å². The first-order valence-electron chi connectivity index (χ1n) is 3.72. The summed E-state index contributed by atoms with van der Waals surface area (Å²) in [5.41, 5.74) is 1.59. The monoisotopic (exact) mass is 122 g/mol. The van der Waals surface area contributed by atoms with Crippen LogP contribution >= 0.6 is 0 Å². The van der Waals surface area contributed by atoms with Crippen LogP contribution in [0.25, 0.3) is 0 Å². The molecule has 0 amide bonds. The van der Waals surface area contributed by atoms with Gasteiger partial charge in [-0.05, 0) is 32.1 Å². The standard InChI is InChI=1S/C9H14/c1-2-6-9-7-4-3-5-8-9/h2,7H,1,3-6,8H2. The van der Waals surface area contributed by atoms with E-state index in [1.165, 1.54) is 25.7 Å². The molecule has 0 aromatic heterocycles. The Labute approximate surface area is 57.3 Å². The van der Waals surface area contributed by atoms with Gasteiger partial charge in [0.25, 0.3) is 0 Å². The fraction of sp³-hybridized carbons (Fsp3) is 0.556. The third kappa shape index (κ3) is 2.05. The van der Waals surface area contributed by atoms with E-state index in [-0.39, 0.29) is 0 Å². The molecule has 50 valence electrons. The topological polar surface area (TPSA) is 0 Å². The molecule has 0 aromatic carbocycles. The van der Waals surface area contributed by atoms with E-state index >= 15 is 0 Å². The molecule has 9 heavy (non-hydrogen) atoms. The van der Waals surface area contributed by atoms with Crippen LogP contribution in [-0.2, 0) is 0 Å². The van der Waals surface area contributed by atoms with Crippen molar-refractivity contribution in [1.29, 1.82) is 0 Å². The molecular weight excluding hydrogens is 108 g/mol. The van der Waals surface area contributed by atoms with Crippen molar-refractivity contribution in [2.75, 3.05) is 0 Å². The van der Waals surface area contributed by atoms with Crippen molar-refractivity contribution >= 4 is 0 Å². The quantitative estimate of drug-likeness (QED) is 0.494. The van der Waals surface area contributed by atoms with Crippen LogP contribution < -0.4 is 0 Å². The predicted molar refractivity (Wildman–Crippen MR) is 41.4 cm³/mol. The Morgan fingerprint density at radius 3 is 3.00 bits per heavy atom. The first-order chi connectivity index (χ1) is 4.43. The Bertz CT molecular complexity index is 120. The molecule has 1 rings (SSSR count). The molecule has 0 atom stereocenters. The zero-order valence-corrected chi connectivity index (χ0v) is 5.90. The molecule has 0 N–H and O–H groups in total. The lowest BCUT2D eigenvalue weighted by Gasteiger charge is -2.09. The highest BCUT2D eigenvalue weighted by molar-refractivity contribution is 5.08. The van der Waals surface area contributed by atoms with Gasteiger partial charge in [-0.3, -0.25) is 0 Å². The van der Waals surface area contributed by atoms with Gasteiger partial charge in [0.15, 0.2) is 0 Å². The average molecular weight is 122 g/mol. The Hall–Kier alpha value is -0.520. The molecule has 0 bridgehead atoms. The lowest BCUT2D eigenvalue weighted by Crippen LogP contribution is -1.89. The number of allylic oxidation sites excluding steroid dienone is 3. The highest BCUT2D eigenvalue weighted by Gasteiger charge is 1.99. The SMILES string of the molecule is C=CCC1=CCCCC1. The molecule has 0 heteroatoms. The fourth-order valence-corrected chi connectivity index (χ4v) is 1.28. The van der Waals surface area contributed by atoms with E-state index in [2.05, 4.69) is 12.7 Å². The van der Waals surface area contributed by atoms with Crippen LogP contribution in [0.3, 0.4) is 0 Å². The molecule has 0 aromatic rings. The van der Waals surface area contributed by atoms with Crippen molar-refractivity contribution in [2.24, 2.45) is 0 Å². The van der Waals surface area contributed by atoms with E-state index in [9.17, 15) is 0 Å². The van der Waals surface area contributed by atoms with Crippen molar-refractivity contribution in [3.63, 3.8) is 0 Å². The molecule has 0 saturated heterocycles. The summed E-state index contributed by atoms with van der Waals surface area (Å²) in [6.07, 6.45) is 10.9. The van der Waals surface area contributed by atoms with Crippen molar-refractivity contribution in [2.45, 2.75) is 32.1 Å². The van der Waals surface area contributed by atoms with Gasteiger partial charge < -0.3 is 0 Å². The zero-order chi connectivity index (χ0) is 6.53. The lowest BCUT2D eigenvalue weighted by atomic mass is 9.97. The number of rotatable bonds is 2. The second-order valence-electron chi connectivity index (χ2n) is 2.60. The Balaban J connectivity index is 2.36. The second-order valence-corrected chi connectivity index (χ2v) is 2.60. The summed E-state index contributed by atoms with van der Waals surface area (Å²) in [7, 11) is 0. The van der Waals surface area contributed by atoms with Crippen LogP contribution in [-0.4, -0.2) is 0 Å². The van der Waals surface area contributed by atoms with Crippen molar-refractivity contribution < 1.29 is 0 Å². The van der Waals surface area contributed by atoms with Crippen LogP contribution in [0.15, 0.2) is 24.3 Å². The third-order valence-corrected chi connectivity index (χ3v) is 1.79. The molecule has 1 aliphatic carbocycles. The van der Waals surface area contributed by atoms with E-state index < -0.39 is 0 Å². The van der Waals surface area contributed by atoms with E-state index in [1.807, 2.05) is 6.08 Å². The predicted octanol–water partition coefficient (Wildman–Crippen LogP) is 3.06. The Kier molecular flexibility index (Phi) is 2.56. The van der Waals surface area contributed by atoms with Crippen LogP contribution in [0.1, 0.15) is 32.1 Å². The normalized spacial score (nSPS) is 18.9. The van der Waals surface area contributed by atoms with E-state index in [0.29, 0.717) is 0 Å². The van der Waals surface area contributed by atoms with E-state index in [4.69, 9.17) is 0 Å². The second kappa shape index (κ2) is 3.49. The number of hydrogen-bond acceptors (Lipinski definition) is 0. The van der Waals surface area contributed by atoms with Crippen molar-refractivity contribution in [3.8, 4) is 0 Å². The highest BCUT2D eigenvalue weighted by Crippen LogP contribution is 2.19. The molecule has 0 unspecified atom stereocenters. The maximum atomic E-state index is 3.71. The minimum absolute atomic E-state index is 1.11. The van der Waals surface area contributed by atoms with Crippen LogP contribution in [0, 0.1) is 0 Å². The summed E-state index contributed by atoms with van der Waals surface area (Å²) in [6.45, 7) is 3.71. The van der Waals surface area contributed by atoms with E-state index in [0.717, 1.165) is 6.42 Å². The maximum absolute atomic E-state index is 3.71. The van der Waals surface area contributed by atoms with Gasteiger partial charge in [0.1, 0.15) is 0 Å². The molecule has 0 aliphatic heterocycles. The Morgan fingerprint density at radius 1 is 1.56 bits per heavy atom. The van der Waals surface area contributed by atoms with Gasteiger partial charge in [-0.1, -0.05) is 17.7 Å². The first-order valence-corrected chi connectivity index (χ1v) is 3.72. The molecule has 0 nitrogen and oxygen atoms in total. The molecule has 0 fully saturated rings. The van der Waals surface area contributed by atoms with Gasteiger partial charge in [-0.15, -0.1) is 6.58 Å². The fourth-order valence-electron chi connectivity index (χ4n) is 1.28. The van der Waals surface area contributed by atoms with Gasteiger partial charge in [0.05, 0.1) is 0 Å². The van der Waals surface area contributed by atoms with Gasteiger partial charge in [-0.2, -0.15) is 0 Å². The minimum atomic E-state index is 1.11. The first kappa shape index (κ1) is 6.60. The van der Waals surface area contributed by atoms with Gasteiger partial charge in [-0.25, -0.2) is 0 Å². The van der Waals surface area contributed by atoms with Crippen LogP contribution in [0.5, 0.6) is 0 Å². The Morgan fingerprint density at radius 2 is 2.44 bits per heavy atom. The van der Waals surface area contributed by atoms with E-state index in [1.54, 1.807) is 5.57 Å². The van der Waals surface area contributed by atoms with Gasteiger partial charge >= 0.3 is 0 Å². The van der Waals surface area contributed by atoms with Gasteiger partial charge in [0, 0.05) is 0 Å². The molecule has 0 heterocycles. The van der Waals surface area contributed by atoms with Crippen molar-refractivity contribution in [3.05, 3.63) is 24.3 Å². The molecule has 0 saturated carbocycles. The maximum Gasteiger partial charge on any atom is -0.0142 e. The summed E-state index contributed by atoms with van der Waals surface area (Å²) < 4.78 is 0. The summed E-state index contributed by atoms with van der Waals surface area (Å²) in [6, 6.07) is 0. The molecule has 0 spiro atoms. The summed E-state index contributed by atoms with van der Waals surface area (Å²) in [5.74, 6) is 0. The largest absolute Gasteiger partial charge is 0.103 e. The molecule has 1 aliphatic rings. The average Bonchev–Trinajstić information content (AvgIpc) is 1.91. The zero-order valence-electron chi connectivity index (χ0n) is 5.90. The minimum Gasteiger partial charge on any atom is -0.103 e. The van der Waals surface area contributed by atoms with Gasteiger partial charge in [0.2, 0.25) is 0 Å². The number of hydrogen-bond donors (Lipinski definition) is 0. The smallest absolute Gasteiger partial charge is 0.0142 e. The highest BCUT2D eigenvalue weighted by atomic mass is 14.1. The summed E-state index contributed by atoms with van der Waals surface area (Å²) in [5, 5.41) is 0.